The minimum Gasteiger partial charge on any atom is -0.483 e. The monoisotopic (exact) mass is 594 g/mol. The molecule has 1 atom stereocenters. The number of benzene rings is 3. The fraction of sp³-hybridized carbons (Fsp3) is 0.412. The maximum atomic E-state index is 14.0. The van der Waals surface area contributed by atoms with Crippen molar-refractivity contribution in [3.05, 3.63) is 99.5 Å². The summed E-state index contributed by atoms with van der Waals surface area (Å²) >= 11 is 12.5. The van der Waals surface area contributed by atoms with E-state index in [-0.39, 0.29) is 36.4 Å². The van der Waals surface area contributed by atoms with E-state index >= 15 is 0 Å². The molecule has 0 unspecified atom stereocenters. The zero-order valence-corrected chi connectivity index (χ0v) is 25.7. The van der Waals surface area contributed by atoms with Crippen LogP contribution in [0.2, 0.25) is 10.0 Å². The Morgan fingerprint density at radius 1 is 0.902 bits per heavy atom. The Balaban J connectivity index is 1.65. The van der Waals surface area contributed by atoms with Crippen LogP contribution < -0.4 is 10.1 Å². The second-order valence-corrected chi connectivity index (χ2v) is 12.7. The number of rotatable bonds is 10. The standard InChI is InChI=1S/C34H40Cl2N2O3/c1-34(2,3)27-16-10-11-17-31(27)41-23-32(39)38(22-25-18-19-28(35)29(36)20-25)30(21-24-12-6-4-7-13-24)33(40)37-26-14-8-5-9-15-26/h4,6-7,10-13,16-20,26,30H,5,8-9,14-15,21-23H2,1-3H3,(H,37,40)/t30-/m0/s1. The van der Waals surface area contributed by atoms with E-state index in [2.05, 4.69) is 26.1 Å². The largest absolute Gasteiger partial charge is 0.483 e. The number of amides is 2. The average molecular weight is 596 g/mol. The van der Waals surface area contributed by atoms with Gasteiger partial charge in [0, 0.05) is 19.0 Å². The molecule has 1 fully saturated rings. The highest BCUT2D eigenvalue weighted by Gasteiger charge is 2.32. The molecule has 2 amide bonds. The van der Waals surface area contributed by atoms with Gasteiger partial charge in [0.1, 0.15) is 11.8 Å². The van der Waals surface area contributed by atoms with Gasteiger partial charge in [0.05, 0.1) is 10.0 Å². The third-order valence-corrected chi connectivity index (χ3v) is 8.34. The van der Waals surface area contributed by atoms with Gasteiger partial charge in [-0.1, -0.05) is 118 Å². The van der Waals surface area contributed by atoms with Crippen LogP contribution in [0.5, 0.6) is 5.75 Å². The third-order valence-electron chi connectivity index (χ3n) is 7.61. The molecule has 1 aliphatic carbocycles. The number of hydrogen-bond acceptors (Lipinski definition) is 3. The number of ether oxygens (including phenoxy) is 1. The number of para-hydroxylation sites is 1. The van der Waals surface area contributed by atoms with Crippen LogP contribution in [0.1, 0.15) is 69.6 Å². The molecule has 0 aliphatic heterocycles. The van der Waals surface area contributed by atoms with E-state index in [0.29, 0.717) is 22.2 Å². The Morgan fingerprint density at radius 2 is 1.59 bits per heavy atom. The Kier molecular flexibility index (Phi) is 10.7. The molecule has 0 bridgehead atoms. The first-order chi connectivity index (χ1) is 19.6. The molecule has 0 saturated heterocycles. The second kappa shape index (κ2) is 14.2. The van der Waals surface area contributed by atoms with Crippen LogP contribution >= 0.6 is 23.2 Å². The van der Waals surface area contributed by atoms with Gasteiger partial charge in [0.15, 0.2) is 6.61 Å². The fourth-order valence-electron chi connectivity index (χ4n) is 5.37. The van der Waals surface area contributed by atoms with Gasteiger partial charge >= 0.3 is 0 Å². The number of nitrogens with zero attached hydrogens (tertiary/aromatic N) is 1. The van der Waals surface area contributed by atoms with Gasteiger partial charge in [-0.25, -0.2) is 0 Å². The zero-order valence-electron chi connectivity index (χ0n) is 24.2. The maximum Gasteiger partial charge on any atom is 0.261 e. The van der Waals surface area contributed by atoms with Gasteiger partial charge in [-0.2, -0.15) is 0 Å². The fourth-order valence-corrected chi connectivity index (χ4v) is 5.69. The van der Waals surface area contributed by atoms with Gasteiger partial charge < -0.3 is 15.0 Å². The van der Waals surface area contributed by atoms with E-state index in [4.69, 9.17) is 27.9 Å². The molecule has 0 heterocycles. The van der Waals surface area contributed by atoms with E-state index in [1.54, 1.807) is 17.0 Å². The van der Waals surface area contributed by atoms with Crippen molar-refractivity contribution < 1.29 is 14.3 Å². The van der Waals surface area contributed by atoms with E-state index in [1.165, 1.54) is 6.42 Å². The molecule has 0 radical (unpaired) electrons. The third kappa shape index (κ3) is 8.73. The molecule has 7 heteroatoms. The Hall–Kier alpha value is -3.02. The minimum atomic E-state index is -0.734. The molecular formula is C34H40Cl2N2O3. The van der Waals surface area contributed by atoms with E-state index < -0.39 is 6.04 Å². The molecule has 0 spiro atoms. The van der Waals surface area contributed by atoms with Crippen LogP contribution in [0.25, 0.3) is 0 Å². The summed E-state index contributed by atoms with van der Waals surface area (Å²) in [4.78, 5) is 29.6. The van der Waals surface area contributed by atoms with Crippen molar-refractivity contribution in [2.24, 2.45) is 0 Å². The predicted octanol–water partition coefficient (Wildman–Crippen LogP) is 7.76. The normalized spacial score (nSPS) is 14.8. The molecule has 0 aromatic heterocycles. The van der Waals surface area contributed by atoms with Crippen molar-refractivity contribution >= 4 is 35.0 Å². The zero-order chi connectivity index (χ0) is 29.4. The van der Waals surface area contributed by atoms with Crippen molar-refractivity contribution in [3.63, 3.8) is 0 Å². The van der Waals surface area contributed by atoms with Crippen LogP contribution in [0.4, 0.5) is 0 Å². The lowest BCUT2D eigenvalue weighted by Gasteiger charge is -2.33. The molecule has 1 saturated carbocycles. The van der Waals surface area contributed by atoms with Gasteiger partial charge in [-0.15, -0.1) is 0 Å². The summed E-state index contributed by atoms with van der Waals surface area (Å²) < 4.78 is 6.15. The summed E-state index contributed by atoms with van der Waals surface area (Å²) in [5.74, 6) is 0.234. The molecular weight excluding hydrogens is 555 g/mol. The second-order valence-electron chi connectivity index (χ2n) is 11.9. The Morgan fingerprint density at radius 3 is 2.27 bits per heavy atom. The highest BCUT2D eigenvalue weighted by Crippen LogP contribution is 2.31. The lowest BCUT2D eigenvalue weighted by atomic mass is 9.86. The van der Waals surface area contributed by atoms with E-state index in [1.807, 2.05) is 60.7 Å². The molecule has 3 aromatic carbocycles. The molecule has 4 rings (SSSR count). The number of hydrogen-bond donors (Lipinski definition) is 1. The molecule has 218 valence electrons. The SMILES string of the molecule is CC(C)(C)c1ccccc1OCC(=O)N(Cc1ccc(Cl)c(Cl)c1)[C@@H](Cc1ccccc1)C(=O)NC1CCCCC1. The van der Waals surface area contributed by atoms with Gasteiger partial charge in [-0.05, 0) is 53.1 Å². The van der Waals surface area contributed by atoms with Crippen molar-refractivity contribution in [1.82, 2.24) is 10.2 Å². The Bertz CT molecular complexity index is 1320. The number of halogens is 2. The smallest absolute Gasteiger partial charge is 0.261 e. The lowest BCUT2D eigenvalue weighted by Crippen LogP contribution is -2.53. The average Bonchev–Trinajstić information content (AvgIpc) is 2.96. The summed E-state index contributed by atoms with van der Waals surface area (Å²) in [7, 11) is 0. The van der Waals surface area contributed by atoms with Crippen molar-refractivity contribution in [2.45, 2.75) is 83.3 Å². The lowest BCUT2D eigenvalue weighted by molar-refractivity contribution is -0.143. The number of nitrogens with one attached hydrogen (secondary N) is 1. The Labute approximate surface area is 254 Å². The summed E-state index contributed by atoms with van der Waals surface area (Å²) in [6.45, 7) is 6.32. The van der Waals surface area contributed by atoms with E-state index in [9.17, 15) is 9.59 Å². The van der Waals surface area contributed by atoms with E-state index in [0.717, 1.165) is 42.4 Å². The summed E-state index contributed by atoms with van der Waals surface area (Å²) in [5.41, 5.74) is 2.61. The first kappa shape index (κ1) is 30.9. The van der Waals surface area contributed by atoms with Crippen LogP contribution in [0.3, 0.4) is 0 Å². The van der Waals surface area contributed by atoms with Crippen LogP contribution in [-0.2, 0) is 28.0 Å². The van der Waals surface area contributed by atoms with Crippen LogP contribution in [0.15, 0.2) is 72.8 Å². The predicted molar refractivity (Wildman–Crippen MR) is 167 cm³/mol. The van der Waals surface area contributed by atoms with Gasteiger partial charge in [-0.3, -0.25) is 9.59 Å². The van der Waals surface area contributed by atoms with Crippen molar-refractivity contribution in [1.29, 1.82) is 0 Å². The summed E-state index contributed by atoms with van der Waals surface area (Å²) in [6.07, 6.45) is 5.68. The molecule has 41 heavy (non-hydrogen) atoms. The first-order valence-corrected chi connectivity index (χ1v) is 15.2. The van der Waals surface area contributed by atoms with Crippen molar-refractivity contribution in [2.75, 3.05) is 6.61 Å². The van der Waals surface area contributed by atoms with Gasteiger partial charge in [0.2, 0.25) is 5.91 Å². The van der Waals surface area contributed by atoms with Crippen molar-refractivity contribution in [3.8, 4) is 5.75 Å². The molecule has 3 aromatic rings. The highest BCUT2D eigenvalue weighted by molar-refractivity contribution is 6.42. The maximum absolute atomic E-state index is 14.0. The summed E-state index contributed by atoms with van der Waals surface area (Å²) in [5, 5.41) is 4.10. The van der Waals surface area contributed by atoms with Gasteiger partial charge in [0.25, 0.3) is 5.91 Å². The minimum absolute atomic E-state index is 0.117. The topological polar surface area (TPSA) is 58.6 Å². The van der Waals surface area contributed by atoms with Crippen LogP contribution in [0, 0.1) is 0 Å². The summed E-state index contributed by atoms with van der Waals surface area (Å²) in [6, 6.07) is 22.3. The van der Waals surface area contributed by atoms with Crippen LogP contribution in [-0.4, -0.2) is 35.4 Å². The highest BCUT2D eigenvalue weighted by atomic mass is 35.5. The number of carbonyl (C=O) groups is 2. The first-order valence-electron chi connectivity index (χ1n) is 14.4. The molecule has 1 N–H and O–H groups in total. The quantitative estimate of drug-likeness (QED) is 0.261. The molecule has 5 nitrogen and oxygen atoms in total. The number of carbonyl (C=O) groups excluding carboxylic acids is 2. The molecule has 1 aliphatic rings.